The van der Waals surface area contributed by atoms with Gasteiger partial charge in [-0.3, -0.25) is 9.59 Å². The number of carbonyl (C=O) groups excluding carboxylic acids is 3. The van der Waals surface area contributed by atoms with Crippen molar-refractivity contribution in [2.45, 2.75) is 104 Å². The molecule has 1 saturated heterocycles. The minimum Gasteiger partial charge on any atom is -0.440 e. The van der Waals surface area contributed by atoms with Crippen LogP contribution in [0.15, 0.2) is 140 Å². The van der Waals surface area contributed by atoms with Crippen LogP contribution in [0.2, 0.25) is 0 Å². The van der Waals surface area contributed by atoms with Crippen LogP contribution in [0.3, 0.4) is 0 Å². The summed E-state index contributed by atoms with van der Waals surface area (Å²) in [5.74, 6) is 16.8. The van der Waals surface area contributed by atoms with Crippen LogP contribution in [0, 0.1) is 72.0 Å². The summed E-state index contributed by atoms with van der Waals surface area (Å²) in [6.45, 7) is 13.5. The average Bonchev–Trinajstić information content (AvgIpc) is 3.65. The van der Waals surface area contributed by atoms with Gasteiger partial charge in [-0.25, -0.2) is 9.69 Å². The molecule has 5 aromatic carbocycles. The molecule has 5 aromatic rings. The van der Waals surface area contributed by atoms with Gasteiger partial charge in [-0.1, -0.05) is 167 Å². The van der Waals surface area contributed by atoms with Crippen molar-refractivity contribution in [2.75, 3.05) is 6.61 Å². The van der Waals surface area contributed by atoms with E-state index < -0.39 is 59.4 Å². The lowest BCUT2D eigenvalue weighted by Gasteiger charge is -2.39. The second-order valence-electron chi connectivity index (χ2n) is 18.4. The maximum atomic E-state index is 14.1. The number of hydrogen-bond acceptors (Lipinski definition) is 9. The quantitative estimate of drug-likeness (QED) is 0.0825. The molecule has 0 saturated carbocycles. The molecule has 1 aliphatic rings. The summed E-state index contributed by atoms with van der Waals surface area (Å²) < 4.78 is 17.6. The lowest BCUT2D eigenvalue weighted by Crippen LogP contribution is -2.58. The molecule has 3 N–H and O–H groups in total. The molecular weight excluding hydrogens is 903 g/mol. The summed E-state index contributed by atoms with van der Waals surface area (Å²) >= 11 is 0. The van der Waals surface area contributed by atoms with Crippen LogP contribution >= 0.6 is 0 Å². The van der Waals surface area contributed by atoms with Crippen LogP contribution in [0.25, 0.3) is 22.3 Å². The second-order valence-corrected chi connectivity index (χ2v) is 18.4. The summed E-state index contributed by atoms with van der Waals surface area (Å²) in [7, 11) is 0. The van der Waals surface area contributed by atoms with E-state index in [1.54, 1.807) is 20.8 Å². The van der Waals surface area contributed by atoms with Crippen molar-refractivity contribution < 1.29 is 43.9 Å². The van der Waals surface area contributed by atoms with E-state index in [9.17, 15) is 29.7 Å². The first-order valence-corrected chi connectivity index (χ1v) is 23.4. The Morgan fingerprint density at radius 3 is 1.36 bits per heavy atom. The molecule has 72 heavy (non-hydrogen) atoms. The van der Waals surface area contributed by atoms with E-state index in [-0.39, 0.29) is 25.0 Å². The van der Waals surface area contributed by atoms with Gasteiger partial charge in [-0.05, 0) is 126 Å². The molecule has 370 valence electrons. The summed E-state index contributed by atoms with van der Waals surface area (Å²) in [5, 5.41) is 30.8. The van der Waals surface area contributed by atoms with Gasteiger partial charge in [0, 0.05) is 0 Å². The van der Waals surface area contributed by atoms with Gasteiger partial charge >= 0.3 is 6.09 Å². The van der Waals surface area contributed by atoms with Gasteiger partial charge in [-0.15, -0.1) is 12.8 Å². The number of Topliss-reactive ketones (excluding diaryl/α,β-unsaturated/α-hetero) is 1. The fourth-order valence-corrected chi connectivity index (χ4v) is 7.92. The highest BCUT2D eigenvalue weighted by Crippen LogP contribution is 2.43. The Morgan fingerprint density at radius 2 is 0.972 bits per heavy atom. The Morgan fingerprint density at radius 1 is 0.611 bits per heavy atom. The van der Waals surface area contributed by atoms with Crippen molar-refractivity contribution in [2.24, 2.45) is 11.8 Å². The predicted molar refractivity (Wildman–Crippen MR) is 282 cm³/mol. The summed E-state index contributed by atoms with van der Waals surface area (Å²) in [6.07, 6.45) is 6.72. The van der Waals surface area contributed by atoms with Crippen LogP contribution in [-0.4, -0.2) is 73.6 Å². The van der Waals surface area contributed by atoms with Gasteiger partial charge in [0.05, 0.1) is 25.4 Å². The number of ether oxygens (including phenoxy) is 3. The number of amides is 2. The number of carbonyl (C=O) groups is 3. The van der Waals surface area contributed by atoms with E-state index in [4.69, 9.17) is 27.1 Å². The number of aliphatic hydroxyl groups excluding tert-OH is 3. The standard InChI is InChI=1S/C31H35NO5.C21H26O4.C10H2/c1-21(2)27(33)31(5,36-20-22-16-18-24(19-17-22)23-12-8-6-9-13-23)28(34)32-26(25-14-10-7-11-15-25)30(3,4)37-29(32)35;1-15(2)20(24)21(3,19(23)13-22)25-14-16-9-11-18(12-10-16)17-7-5-4-6-8-17;1-3-5-7-9-10-8-6-4-2/h6-19,21,26-27,33H,20H2,1-5H3;4-12,15,20,22,24H,13-14H2,1-3H3;1-2H/t26-,27-,31-;20-,21+;/m00./s1. The number of hydrogen-bond donors (Lipinski definition) is 3. The number of cyclic esters (lactones) is 1. The molecule has 0 unspecified atom stereocenters. The Labute approximate surface area is 425 Å². The molecule has 10 heteroatoms. The first-order valence-electron chi connectivity index (χ1n) is 23.4. The van der Waals surface area contributed by atoms with E-state index in [2.05, 4.69) is 47.4 Å². The third-order valence-corrected chi connectivity index (χ3v) is 12.0. The van der Waals surface area contributed by atoms with Crippen LogP contribution in [0.1, 0.15) is 78.1 Å². The number of nitrogens with zero attached hydrogens (tertiary/aromatic N) is 1. The zero-order valence-electron chi connectivity index (χ0n) is 42.2. The highest BCUT2D eigenvalue weighted by Gasteiger charge is 2.57. The van der Waals surface area contributed by atoms with Gasteiger partial charge < -0.3 is 29.5 Å². The second kappa shape index (κ2) is 27.1. The molecular formula is C62H63NO9. The molecule has 1 fully saturated rings. The number of imide groups is 1. The zero-order chi connectivity index (χ0) is 52.9. The molecule has 6 rings (SSSR count). The van der Waals surface area contributed by atoms with Gasteiger partial charge in [0.1, 0.15) is 18.2 Å². The fraction of sp³-hybridized carbons (Fsp3) is 0.306. The molecule has 1 heterocycles. The van der Waals surface area contributed by atoms with Crippen molar-refractivity contribution in [3.63, 3.8) is 0 Å². The third-order valence-electron chi connectivity index (χ3n) is 12.0. The van der Waals surface area contributed by atoms with E-state index in [1.165, 1.54) is 6.92 Å². The van der Waals surface area contributed by atoms with Gasteiger partial charge in [0.2, 0.25) is 0 Å². The third kappa shape index (κ3) is 15.2. The topological polar surface area (TPSA) is 143 Å². The van der Waals surface area contributed by atoms with Gasteiger partial charge in [0.25, 0.3) is 5.91 Å². The largest absolute Gasteiger partial charge is 0.440 e. The van der Waals surface area contributed by atoms with Crippen molar-refractivity contribution in [3.05, 3.63) is 156 Å². The molecule has 0 bridgehead atoms. The smallest absolute Gasteiger partial charge is 0.417 e. The minimum absolute atomic E-state index is 0.0867. The van der Waals surface area contributed by atoms with Gasteiger partial charge in [-0.2, -0.15) is 0 Å². The first-order chi connectivity index (χ1) is 34.3. The molecule has 0 spiro atoms. The van der Waals surface area contributed by atoms with Crippen LogP contribution in [0.5, 0.6) is 0 Å². The Kier molecular flexibility index (Phi) is 21.4. The zero-order valence-corrected chi connectivity index (χ0v) is 42.2. The Hall–Kier alpha value is -7.69. The van der Waals surface area contributed by atoms with Crippen LogP contribution in [-0.2, 0) is 37.0 Å². The monoisotopic (exact) mass is 965 g/mol. The average molecular weight is 966 g/mol. The van der Waals surface area contributed by atoms with E-state index >= 15 is 0 Å². The maximum absolute atomic E-state index is 14.1. The molecule has 1 aliphatic heterocycles. The minimum atomic E-state index is -1.68. The number of ketones is 1. The summed E-state index contributed by atoms with van der Waals surface area (Å²) in [5.41, 5.74) is 2.85. The van der Waals surface area contributed by atoms with Crippen LogP contribution in [0.4, 0.5) is 4.79 Å². The van der Waals surface area contributed by atoms with Crippen molar-refractivity contribution in [3.8, 4) is 82.5 Å². The molecule has 0 aromatic heterocycles. The normalized spacial score (nSPS) is 15.6. The number of aliphatic hydroxyl groups is 3. The Bertz CT molecular complexity index is 2810. The Balaban J connectivity index is 0.000000276. The lowest BCUT2D eigenvalue weighted by atomic mass is 9.86. The SMILES string of the molecule is C#CC#CC#CC#CC#C.CC(C)[C@H](O)[C@](C)(OCc1ccc(-c2ccccc2)cc1)C(=O)CO.CC(C)[C@H](O)[C@](C)(OCc1ccc(-c2ccccc2)cc1)C(=O)N1C(=O)OC(C)(C)[C@@H]1c1ccccc1. The van der Waals surface area contributed by atoms with Crippen molar-refractivity contribution >= 4 is 17.8 Å². The number of rotatable bonds is 16. The van der Waals surface area contributed by atoms with E-state index in [0.717, 1.165) is 43.8 Å². The number of benzene rings is 5. The van der Waals surface area contributed by atoms with Crippen molar-refractivity contribution in [1.29, 1.82) is 0 Å². The maximum Gasteiger partial charge on any atom is 0.417 e. The highest BCUT2D eigenvalue weighted by molar-refractivity contribution is 5.99. The summed E-state index contributed by atoms with van der Waals surface area (Å²) in [4.78, 5) is 40.4. The van der Waals surface area contributed by atoms with Crippen LogP contribution < -0.4 is 0 Å². The predicted octanol–water partition coefficient (Wildman–Crippen LogP) is 9.61. The summed E-state index contributed by atoms with van der Waals surface area (Å²) in [6, 6.07) is 44.5. The fourth-order valence-electron chi connectivity index (χ4n) is 7.92. The molecule has 0 aliphatic carbocycles. The van der Waals surface area contributed by atoms with E-state index in [1.807, 2.05) is 167 Å². The lowest BCUT2D eigenvalue weighted by molar-refractivity contribution is -0.178. The van der Waals surface area contributed by atoms with Gasteiger partial charge in [0.15, 0.2) is 17.0 Å². The molecule has 2 amide bonds. The molecule has 5 atom stereocenters. The number of terminal acetylenes is 2. The highest BCUT2D eigenvalue weighted by atomic mass is 16.6. The van der Waals surface area contributed by atoms with Crippen molar-refractivity contribution in [1.82, 2.24) is 4.90 Å². The van der Waals surface area contributed by atoms with E-state index in [0.29, 0.717) is 0 Å². The molecule has 0 radical (unpaired) electrons. The first kappa shape index (κ1) is 56.9. The molecule has 10 nitrogen and oxygen atoms in total.